The van der Waals surface area contributed by atoms with E-state index in [1.54, 1.807) is 0 Å². The van der Waals surface area contributed by atoms with E-state index in [1.165, 1.54) is 11.1 Å². The van der Waals surface area contributed by atoms with Crippen molar-refractivity contribution in [3.63, 3.8) is 0 Å². The van der Waals surface area contributed by atoms with E-state index in [0.717, 1.165) is 44.5 Å². The van der Waals surface area contributed by atoms with Crippen molar-refractivity contribution in [1.82, 2.24) is 5.32 Å². The molecule has 1 fully saturated rings. The number of nitrogens with zero attached hydrogens (tertiary/aromatic N) is 1. The first kappa shape index (κ1) is 23.3. The fourth-order valence-electron chi connectivity index (χ4n) is 4.91. The Labute approximate surface area is 197 Å². The van der Waals surface area contributed by atoms with E-state index in [9.17, 15) is 9.59 Å². The van der Waals surface area contributed by atoms with Crippen LogP contribution in [0.25, 0.3) is 0 Å². The van der Waals surface area contributed by atoms with Crippen LogP contribution in [0.15, 0.2) is 42.5 Å². The van der Waals surface area contributed by atoms with Gasteiger partial charge in [-0.25, -0.2) is 0 Å². The quantitative estimate of drug-likeness (QED) is 0.586. The summed E-state index contributed by atoms with van der Waals surface area (Å²) in [6, 6.07) is 14.6. The normalized spacial score (nSPS) is 16.7. The van der Waals surface area contributed by atoms with Gasteiger partial charge in [-0.3, -0.25) is 9.59 Å². The van der Waals surface area contributed by atoms with Gasteiger partial charge in [-0.2, -0.15) is 0 Å². The molecule has 2 N–H and O–H groups in total. The van der Waals surface area contributed by atoms with Gasteiger partial charge in [0.15, 0.2) is 0 Å². The molecule has 1 atom stereocenters. The molecule has 1 heterocycles. The number of anilines is 2. The molecule has 2 amide bonds. The van der Waals surface area contributed by atoms with E-state index in [4.69, 9.17) is 0 Å². The van der Waals surface area contributed by atoms with Gasteiger partial charge in [0, 0.05) is 36.9 Å². The van der Waals surface area contributed by atoms with Gasteiger partial charge in [-0.15, -0.1) is 0 Å². The Morgan fingerprint density at radius 2 is 1.82 bits per heavy atom. The molecule has 2 aliphatic rings. The predicted octanol–water partition coefficient (Wildman–Crippen LogP) is 5.54. The third kappa shape index (κ3) is 6.37. The molecule has 5 heteroatoms. The molecule has 2 aromatic rings. The van der Waals surface area contributed by atoms with E-state index in [0.29, 0.717) is 23.6 Å². The highest BCUT2D eigenvalue weighted by Crippen LogP contribution is 2.31. The van der Waals surface area contributed by atoms with Crippen molar-refractivity contribution in [2.24, 2.45) is 11.3 Å². The van der Waals surface area contributed by atoms with E-state index in [2.05, 4.69) is 67.5 Å². The summed E-state index contributed by atoms with van der Waals surface area (Å²) in [7, 11) is 0. The van der Waals surface area contributed by atoms with Gasteiger partial charge in [-0.1, -0.05) is 52.0 Å². The van der Waals surface area contributed by atoms with Crippen LogP contribution in [-0.2, 0) is 17.8 Å². The Hall–Kier alpha value is -2.82. The topological polar surface area (TPSA) is 61.4 Å². The second-order valence-electron chi connectivity index (χ2n) is 11.0. The maximum atomic E-state index is 13.1. The number of carbonyl (C=O) groups excluding carboxylic acids is 2. The summed E-state index contributed by atoms with van der Waals surface area (Å²) >= 11 is 0. The number of carbonyl (C=O) groups is 2. The molecule has 5 nitrogen and oxygen atoms in total. The second kappa shape index (κ2) is 9.58. The van der Waals surface area contributed by atoms with E-state index < -0.39 is 0 Å². The largest absolute Gasteiger partial charge is 0.366 e. The Bertz CT molecular complexity index is 1020. The lowest BCUT2D eigenvalue weighted by molar-refractivity contribution is -0.117. The lowest BCUT2D eigenvalue weighted by Gasteiger charge is -2.32. The van der Waals surface area contributed by atoms with Crippen LogP contribution in [0.5, 0.6) is 0 Å². The average Bonchev–Trinajstić information content (AvgIpc) is 3.55. The van der Waals surface area contributed by atoms with Crippen molar-refractivity contribution in [3.8, 4) is 0 Å². The van der Waals surface area contributed by atoms with Crippen LogP contribution in [0, 0.1) is 11.3 Å². The minimum atomic E-state index is -0.0523. The number of rotatable bonds is 7. The van der Waals surface area contributed by atoms with Crippen molar-refractivity contribution in [3.05, 3.63) is 59.2 Å². The van der Waals surface area contributed by atoms with Crippen molar-refractivity contribution in [1.29, 1.82) is 0 Å². The van der Waals surface area contributed by atoms with Crippen LogP contribution < -0.4 is 15.5 Å². The van der Waals surface area contributed by atoms with Crippen LogP contribution >= 0.6 is 0 Å². The lowest BCUT2D eigenvalue weighted by atomic mass is 9.84. The first-order valence-electron chi connectivity index (χ1n) is 12.2. The van der Waals surface area contributed by atoms with Crippen LogP contribution in [0.4, 0.5) is 11.4 Å². The van der Waals surface area contributed by atoms with Gasteiger partial charge >= 0.3 is 0 Å². The fraction of sp³-hybridized carbons (Fsp3) is 0.500. The number of benzene rings is 2. The van der Waals surface area contributed by atoms with Crippen LogP contribution in [-0.4, -0.2) is 24.4 Å². The SMILES string of the molecule is CC(CC(=O)Nc1ccc(N2CCc3ccccc3C2)c(C(=O)NC2CC2)c1)CC(C)(C)C. The zero-order valence-electron chi connectivity index (χ0n) is 20.4. The molecule has 0 radical (unpaired) electrons. The Morgan fingerprint density at radius 3 is 2.52 bits per heavy atom. The van der Waals surface area contributed by atoms with Gasteiger partial charge in [0.2, 0.25) is 5.91 Å². The first-order valence-corrected chi connectivity index (χ1v) is 12.2. The number of nitrogens with one attached hydrogen (secondary N) is 2. The smallest absolute Gasteiger partial charge is 0.253 e. The number of hydrogen-bond acceptors (Lipinski definition) is 3. The van der Waals surface area contributed by atoms with Crippen molar-refractivity contribution in [2.45, 2.75) is 72.4 Å². The molecule has 0 aromatic heterocycles. The highest BCUT2D eigenvalue weighted by molar-refractivity contribution is 6.02. The molecule has 0 saturated heterocycles. The summed E-state index contributed by atoms with van der Waals surface area (Å²) in [4.78, 5) is 28.1. The molecular formula is C28H37N3O2. The summed E-state index contributed by atoms with van der Waals surface area (Å²) in [5.74, 6) is 0.249. The Balaban J connectivity index is 1.52. The molecule has 1 aliphatic heterocycles. The number of fused-ring (bicyclic) bond motifs is 1. The number of amides is 2. The summed E-state index contributed by atoms with van der Waals surface area (Å²) in [5.41, 5.74) is 5.14. The summed E-state index contributed by atoms with van der Waals surface area (Å²) < 4.78 is 0. The molecular weight excluding hydrogens is 410 g/mol. The van der Waals surface area contributed by atoms with Crippen molar-refractivity contribution >= 4 is 23.2 Å². The van der Waals surface area contributed by atoms with Gasteiger partial charge < -0.3 is 15.5 Å². The molecule has 176 valence electrons. The van der Waals surface area contributed by atoms with Gasteiger partial charge in [0.05, 0.1) is 5.56 Å². The van der Waals surface area contributed by atoms with E-state index in [1.807, 2.05) is 18.2 Å². The molecule has 1 unspecified atom stereocenters. The van der Waals surface area contributed by atoms with Gasteiger partial charge in [0.1, 0.15) is 0 Å². The molecule has 1 saturated carbocycles. The van der Waals surface area contributed by atoms with E-state index >= 15 is 0 Å². The second-order valence-corrected chi connectivity index (χ2v) is 11.0. The standard InChI is InChI=1S/C28H37N3O2/c1-19(17-28(2,3)4)15-26(32)29-23-11-12-25(24(16-23)27(33)30-22-9-10-22)31-14-13-20-7-5-6-8-21(20)18-31/h5-8,11-12,16,19,22H,9-10,13-15,17-18H2,1-4H3,(H,29,32)(H,30,33). The lowest BCUT2D eigenvalue weighted by Crippen LogP contribution is -2.33. The van der Waals surface area contributed by atoms with Crippen molar-refractivity contribution < 1.29 is 9.59 Å². The highest BCUT2D eigenvalue weighted by Gasteiger charge is 2.27. The third-order valence-electron chi connectivity index (χ3n) is 6.40. The van der Waals surface area contributed by atoms with Gasteiger partial charge in [0.25, 0.3) is 5.91 Å². The Morgan fingerprint density at radius 1 is 1.09 bits per heavy atom. The van der Waals surface area contributed by atoms with E-state index in [-0.39, 0.29) is 23.3 Å². The zero-order chi connectivity index (χ0) is 23.6. The van der Waals surface area contributed by atoms with Crippen LogP contribution in [0.1, 0.15) is 74.9 Å². The average molecular weight is 448 g/mol. The minimum Gasteiger partial charge on any atom is -0.366 e. The Kier molecular flexibility index (Phi) is 6.78. The minimum absolute atomic E-state index is 0.0000454. The summed E-state index contributed by atoms with van der Waals surface area (Å²) in [5, 5.41) is 6.16. The molecule has 1 aliphatic carbocycles. The summed E-state index contributed by atoms with van der Waals surface area (Å²) in [6.45, 7) is 10.4. The highest BCUT2D eigenvalue weighted by atomic mass is 16.2. The first-order chi connectivity index (χ1) is 15.7. The number of hydrogen-bond donors (Lipinski definition) is 2. The maximum Gasteiger partial charge on any atom is 0.253 e. The predicted molar refractivity (Wildman–Crippen MR) is 135 cm³/mol. The molecule has 2 aromatic carbocycles. The fourth-order valence-corrected chi connectivity index (χ4v) is 4.91. The maximum absolute atomic E-state index is 13.1. The van der Waals surface area contributed by atoms with Crippen molar-refractivity contribution in [2.75, 3.05) is 16.8 Å². The van der Waals surface area contributed by atoms with Crippen LogP contribution in [0.3, 0.4) is 0 Å². The molecule has 4 rings (SSSR count). The molecule has 0 spiro atoms. The monoisotopic (exact) mass is 447 g/mol. The summed E-state index contributed by atoms with van der Waals surface area (Å²) in [6.07, 6.45) is 4.51. The van der Waals surface area contributed by atoms with Crippen LogP contribution in [0.2, 0.25) is 0 Å². The molecule has 33 heavy (non-hydrogen) atoms. The molecule has 0 bridgehead atoms. The third-order valence-corrected chi connectivity index (χ3v) is 6.40. The zero-order valence-corrected chi connectivity index (χ0v) is 20.4. The van der Waals surface area contributed by atoms with Gasteiger partial charge in [-0.05, 0) is 66.3 Å².